The van der Waals surface area contributed by atoms with Crippen molar-refractivity contribution in [2.24, 2.45) is 5.92 Å². The van der Waals surface area contributed by atoms with Crippen molar-refractivity contribution in [3.63, 3.8) is 0 Å². The maximum atomic E-state index is 12.2. The molecule has 152 valence electrons. The normalized spacial score (nSPS) is 17.8. The lowest BCUT2D eigenvalue weighted by molar-refractivity contribution is -0.116. The van der Waals surface area contributed by atoms with Gasteiger partial charge in [0.2, 0.25) is 11.8 Å². The summed E-state index contributed by atoms with van der Waals surface area (Å²) >= 11 is 0. The van der Waals surface area contributed by atoms with Crippen molar-refractivity contribution in [2.45, 2.75) is 65.3 Å². The van der Waals surface area contributed by atoms with Gasteiger partial charge < -0.3 is 9.84 Å². The standard InChI is InChI=1S/C22H32N4O2/c1-16(2)22-24-21(28-25-22)8-4-7-20(27)23-19-11-9-18(10-12-19)15-26-13-5-6-17(3)14-26/h9-12,16-17H,4-8,13-15H2,1-3H3,(H,23,27)/t17-/m0/s1. The van der Waals surface area contributed by atoms with Gasteiger partial charge in [-0.1, -0.05) is 38.1 Å². The molecule has 6 heteroatoms. The third-order valence-corrected chi connectivity index (χ3v) is 5.18. The molecule has 1 saturated heterocycles. The lowest BCUT2D eigenvalue weighted by Gasteiger charge is -2.30. The highest BCUT2D eigenvalue weighted by Gasteiger charge is 2.16. The first-order valence-corrected chi connectivity index (χ1v) is 10.4. The highest BCUT2D eigenvalue weighted by molar-refractivity contribution is 5.90. The average Bonchev–Trinajstić information content (AvgIpc) is 3.13. The maximum absolute atomic E-state index is 12.2. The van der Waals surface area contributed by atoms with Crippen molar-refractivity contribution < 1.29 is 9.32 Å². The largest absolute Gasteiger partial charge is 0.339 e. The number of carbonyl (C=O) groups is 1. The number of carbonyl (C=O) groups excluding carboxylic acids is 1. The van der Waals surface area contributed by atoms with Crippen molar-refractivity contribution >= 4 is 11.6 Å². The third kappa shape index (κ3) is 6.16. The SMILES string of the molecule is CC(C)c1noc(CCCC(=O)Nc2ccc(CN3CCC[C@H](C)C3)cc2)n1. The molecule has 1 atom stereocenters. The van der Waals surface area contributed by atoms with E-state index in [2.05, 4.69) is 39.4 Å². The zero-order valence-corrected chi connectivity index (χ0v) is 17.3. The molecule has 1 aliphatic rings. The summed E-state index contributed by atoms with van der Waals surface area (Å²) in [5, 5.41) is 6.92. The number of hydrogen-bond donors (Lipinski definition) is 1. The number of aromatic nitrogens is 2. The van der Waals surface area contributed by atoms with Crippen molar-refractivity contribution in [1.82, 2.24) is 15.0 Å². The molecular weight excluding hydrogens is 352 g/mol. The lowest BCUT2D eigenvalue weighted by atomic mass is 10.00. The van der Waals surface area contributed by atoms with Crippen LogP contribution in [0.25, 0.3) is 0 Å². The predicted molar refractivity (Wildman–Crippen MR) is 110 cm³/mol. The average molecular weight is 385 g/mol. The summed E-state index contributed by atoms with van der Waals surface area (Å²) in [6, 6.07) is 8.21. The lowest BCUT2D eigenvalue weighted by Crippen LogP contribution is -2.33. The molecule has 1 aliphatic heterocycles. The Balaban J connectivity index is 1.40. The molecule has 0 saturated carbocycles. The zero-order chi connectivity index (χ0) is 19.9. The van der Waals surface area contributed by atoms with Crippen LogP contribution in [-0.4, -0.2) is 34.0 Å². The molecule has 1 aromatic heterocycles. The van der Waals surface area contributed by atoms with E-state index in [9.17, 15) is 4.79 Å². The highest BCUT2D eigenvalue weighted by Crippen LogP contribution is 2.19. The second-order valence-corrected chi connectivity index (χ2v) is 8.28. The molecule has 1 amide bonds. The Labute approximate surface area is 167 Å². The van der Waals surface area contributed by atoms with Gasteiger partial charge in [-0.3, -0.25) is 9.69 Å². The highest BCUT2D eigenvalue weighted by atomic mass is 16.5. The molecular formula is C22H32N4O2. The number of aryl methyl sites for hydroxylation is 1. The number of nitrogens with zero attached hydrogens (tertiary/aromatic N) is 3. The Hall–Kier alpha value is -2.21. The first-order chi connectivity index (χ1) is 13.5. The van der Waals surface area contributed by atoms with Crippen molar-refractivity contribution in [2.75, 3.05) is 18.4 Å². The Morgan fingerprint density at radius 2 is 2.11 bits per heavy atom. The van der Waals surface area contributed by atoms with Gasteiger partial charge in [0.1, 0.15) is 0 Å². The quantitative estimate of drug-likeness (QED) is 0.731. The number of nitrogens with one attached hydrogen (secondary N) is 1. The molecule has 2 aromatic rings. The summed E-state index contributed by atoms with van der Waals surface area (Å²) in [5.41, 5.74) is 2.14. The molecule has 3 rings (SSSR count). The molecule has 0 aliphatic carbocycles. The van der Waals surface area contributed by atoms with Gasteiger partial charge in [0.05, 0.1) is 0 Å². The van der Waals surface area contributed by atoms with Crippen LogP contribution < -0.4 is 5.32 Å². The number of benzene rings is 1. The Morgan fingerprint density at radius 1 is 1.32 bits per heavy atom. The minimum atomic E-state index is 0.0150. The predicted octanol–water partition coefficient (Wildman–Crippen LogP) is 4.39. The zero-order valence-electron chi connectivity index (χ0n) is 17.3. The van der Waals surface area contributed by atoms with Crippen molar-refractivity contribution in [3.8, 4) is 0 Å². The van der Waals surface area contributed by atoms with Gasteiger partial charge in [0.15, 0.2) is 5.82 Å². The minimum absolute atomic E-state index is 0.0150. The molecule has 1 fully saturated rings. The van der Waals surface area contributed by atoms with E-state index in [4.69, 9.17) is 4.52 Å². The Kier molecular flexibility index (Phi) is 7.20. The molecule has 2 heterocycles. The number of rotatable bonds is 8. The van der Waals surface area contributed by atoms with E-state index in [-0.39, 0.29) is 11.8 Å². The minimum Gasteiger partial charge on any atom is -0.339 e. The van der Waals surface area contributed by atoms with Crippen LogP contribution >= 0.6 is 0 Å². The summed E-state index contributed by atoms with van der Waals surface area (Å²) in [7, 11) is 0. The fourth-order valence-electron chi connectivity index (χ4n) is 3.61. The van der Waals surface area contributed by atoms with E-state index in [1.165, 1.54) is 31.5 Å². The number of amides is 1. The van der Waals surface area contributed by atoms with Gasteiger partial charge in [-0.15, -0.1) is 0 Å². The van der Waals surface area contributed by atoms with Gasteiger partial charge in [0, 0.05) is 37.5 Å². The molecule has 0 radical (unpaired) electrons. The monoisotopic (exact) mass is 384 g/mol. The Bertz CT molecular complexity index is 754. The molecule has 0 unspecified atom stereocenters. The number of hydrogen-bond acceptors (Lipinski definition) is 5. The van der Waals surface area contributed by atoms with E-state index in [1.54, 1.807) is 0 Å². The first-order valence-electron chi connectivity index (χ1n) is 10.4. The topological polar surface area (TPSA) is 71.3 Å². The third-order valence-electron chi connectivity index (χ3n) is 5.18. The molecule has 28 heavy (non-hydrogen) atoms. The van der Waals surface area contributed by atoms with Crippen LogP contribution in [0.1, 0.15) is 69.7 Å². The van der Waals surface area contributed by atoms with Crippen LogP contribution in [0.4, 0.5) is 5.69 Å². The van der Waals surface area contributed by atoms with Crippen molar-refractivity contribution in [3.05, 3.63) is 41.5 Å². The summed E-state index contributed by atoms with van der Waals surface area (Å²) in [6.45, 7) is 9.73. The fraction of sp³-hybridized carbons (Fsp3) is 0.591. The molecule has 1 aromatic carbocycles. The van der Waals surface area contributed by atoms with Gasteiger partial charge in [-0.2, -0.15) is 4.98 Å². The number of piperidine rings is 1. The van der Waals surface area contributed by atoms with Crippen LogP contribution in [-0.2, 0) is 17.8 Å². The van der Waals surface area contributed by atoms with Gasteiger partial charge >= 0.3 is 0 Å². The molecule has 1 N–H and O–H groups in total. The van der Waals surface area contributed by atoms with E-state index in [0.717, 1.165) is 24.0 Å². The van der Waals surface area contributed by atoms with Crippen LogP contribution in [0.5, 0.6) is 0 Å². The second kappa shape index (κ2) is 9.82. The summed E-state index contributed by atoms with van der Waals surface area (Å²) in [5.74, 6) is 2.38. The van der Waals surface area contributed by atoms with E-state index >= 15 is 0 Å². The van der Waals surface area contributed by atoms with E-state index in [1.807, 2.05) is 26.0 Å². The molecule has 0 spiro atoms. The van der Waals surface area contributed by atoms with E-state index in [0.29, 0.717) is 25.2 Å². The maximum Gasteiger partial charge on any atom is 0.226 e. The summed E-state index contributed by atoms with van der Waals surface area (Å²) in [6.07, 6.45) is 4.38. The van der Waals surface area contributed by atoms with Crippen LogP contribution in [0.3, 0.4) is 0 Å². The second-order valence-electron chi connectivity index (χ2n) is 8.28. The number of likely N-dealkylation sites (tertiary alicyclic amines) is 1. The van der Waals surface area contributed by atoms with Crippen LogP contribution in [0.15, 0.2) is 28.8 Å². The van der Waals surface area contributed by atoms with Crippen LogP contribution in [0, 0.1) is 5.92 Å². The van der Waals surface area contributed by atoms with Gasteiger partial charge in [-0.05, 0) is 49.4 Å². The summed E-state index contributed by atoms with van der Waals surface area (Å²) in [4.78, 5) is 19.0. The number of anilines is 1. The molecule has 0 bridgehead atoms. The molecule has 6 nitrogen and oxygen atoms in total. The van der Waals surface area contributed by atoms with Crippen LogP contribution in [0.2, 0.25) is 0 Å². The smallest absolute Gasteiger partial charge is 0.226 e. The Morgan fingerprint density at radius 3 is 2.79 bits per heavy atom. The first kappa shape index (κ1) is 20.5. The van der Waals surface area contributed by atoms with E-state index < -0.39 is 0 Å². The van der Waals surface area contributed by atoms with Gasteiger partial charge in [-0.25, -0.2) is 0 Å². The van der Waals surface area contributed by atoms with Gasteiger partial charge in [0.25, 0.3) is 0 Å². The van der Waals surface area contributed by atoms with Crippen molar-refractivity contribution in [1.29, 1.82) is 0 Å². The summed E-state index contributed by atoms with van der Waals surface area (Å²) < 4.78 is 5.21. The fourth-order valence-corrected chi connectivity index (χ4v) is 3.61.